The summed E-state index contributed by atoms with van der Waals surface area (Å²) >= 11 is 6.25. The molecule has 2 heterocycles. The molecule has 0 spiro atoms. The summed E-state index contributed by atoms with van der Waals surface area (Å²) in [6, 6.07) is 10.6. The van der Waals surface area contributed by atoms with Gasteiger partial charge in [-0.15, -0.1) is 11.3 Å². The van der Waals surface area contributed by atoms with E-state index < -0.39 is 0 Å². The highest BCUT2D eigenvalue weighted by Gasteiger charge is 2.52. The molecule has 1 aliphatic heterocycles. The number of hydrogen-bond acceptors (Lipinski definition) is 4. The summed E-state index contributed by atoms with van der Waals surface area (Å²) in [5.74, 6) is 0.616. The van der Waals surface area contributed by atoms with Crippen molar-refractivity contribution in [2.45, 2.75) is 38.9 Å². The van der Waals surface area contributed by atoms with Crippen LogP contribution in [0.3, 0.4) is 0 Å². The Hall–Kier alpha value is -0.745. The van der Waals surface area contributed by atoms with E-state index in [0.717, 1.165) is 5.47 Å². The SMILES string of the molecule is CC1(C)OB(C(=Cc2cc3ccccc3s2)CS)OC1(C)C. The minimum Gasteiger partial charge on any atom is -0.400 e. The van der Waals surface area contributed by atoms with Gasteiger partial charge in [0.15, 0.2) is 0 Å². The van der Waals surface area contributed by atoms with Gasteiger partial charge in [-0.1, -0.05) is 18.2 Å². The molecule has 5 heteroatoms. The fourth-order valence-corrected chi connectivity index (χ4v) is 3.72. The van der Waals surface area contributed by atoms with E-state index in [4.69, 9.17) is 9.31 Å². The van der Waals surface area contributed by atoms with Gasteiger partial charge < -0.3 is 9.31 Å². The number of fused-ring (bicyclic) bond motifs is 1. The summed E-state index contributed by atoms with van der Waals surface area (Å²) in [5.41, 5.74) is 0.424. The molecule has 1 aromatic heterocycles. The zero-order valence-corrected chi connectivity index (χ0v) is 15.1. The molecule has 0 atom stereocenters. The van der Waals surface area contributed by atoms with Crippen LogP contribution in [0.25, 0.3) is 16.2 Å². The largest absolute Gasteiger partial charge is 0.491 e. The second-order valence-electron chi connectivity index (χ2n) is 6.65. The monoisotopic (exact) mass is 332 g/mol. The van der Waals surface area contributed by atoms with Crippen molar-refractivity contribution in [3.05, 3.63) is 40.7 Å². The Morgan fingerprint density at radius 1 is 1.18 bits per heavy atom. The summed E-state index contributed by atoms with van der Waals surface area (Å²) in [6.45, 7) is 8.29. The van der Waals surface area contributed by atoms with E-state index in [-0.39, 0.29) is 18.3 Å². The fraction of sp³-hybridized carbons (Fsp3) is 0.412. The summed E-state index contributed by atoms with van der Waals surface area (Å²) in [6.07, 6.45) is 2.15. The maximum atomic E-state index is 6.13. The third-order valence-electron chi connectivity index (χ3n) is 4.51. The first-order chi connectivity index (χ1) is 10.3. The summed E-state index contributed by atoms with van der Waals surface area (Å²) in [7, 11) is -0.326. The molecule has 0 amide bonds. The lowest BCUT2D eigenvalue weighted by molar-refractivity contribution is 0.00578. The highest BCUT2D eigenvalue weighted by molar-refractivity contribution is 7.80. The molecule has 0 unspecified atom stereocenters. The van der Waals surface area contributed by atoms with Crippen molar-refractivity contribution in [2.24, 2.45) is 0 Å². The molecule has 116 valence electrons. The Labute approximate surface area is 142 Å². The molecule has 0 radical (unpaired) electrons. The Balaban J connectivity index is 1.91. The predicted molar refractivity (Wildman–Crippen MR) is 99.7 cm³/mol. The number of rotatable bonds is 3. The van der Waals surface area contributed by atoms with E-state index in [0.29, 0.717) is 5.75 Å². The van der Waals surface area contributed by atoms with Crippen molar-refractivity contribution in [1.29, 1.82) is 0 Å². The van der Waals surface area contributed by atoms with Crippen LogP contribution in [0.4, 0.5) is 0 Å². The Bertz CT molecular complexity index is 669. The van der Waals surface area contributed by atoms with Crippen LogP contribution in [0.15, 0.2) is 35.8 Å². The van der Waals surface area contributed by atoms with Gasteiger partial charge >= 0.3 is 7.12 Å². The maximum absolute atomic E-state index is 6.13. The number of thiol groups is 1. The molecular weight excluding hydrogens is 311 g/mol. The molecule has 3 rings (SSSR count). The first-order valence-electron chi connectivity index (χ1n) is 7.48. The van der Waals surface area contributed by atoms with E-state index >= 15 is 0 Å². The molecule has 0 saturated carbocycles. The van der Waals surface area contributed by atoms with Gasteiger partial charge in [0.2, 0.25) is 0 Å². The summed E-state index contributed by atoms with van der Waals surface area (Å²) in [5, 5.41) is 1.27. The van der Waals surface area contributed by atoms with Gasteiger partial charge in [0.05, 0.1) is 11.2 Å². The predicted octanol–water partition coefficient (Wildman–Crippen LogP) is 4.85. The van der Waals surface area contributed by atoms with E-state index in [9.17, 15) is 0 Å². The minimum absolute atomic E-state index is 0.320. The number of hydrogen-bond donors (Lipinski definition) is 1. The van der Waals surface area contributed by atoms with Crippen LogP contribution in [-0.4, -0.2) is 24.1 Å². The lowest BCUT2D eigenvalue weighted by atomic mass is 9.79. The highest BCUT2D eigenvalue weighted by Crippen LogP contribution is 2.39. The molecule has 0 N–H and O–H groups in total. The zero-order valence-electron chi connectivity index (χ0n) is 13.4. The minimum atomic E-state index is -0.326. The quantitative estimate of drug-likeness (QED) is 0.640. The van der Waals surface area contributed by atoms with Gasteiger partial charge in [0, 0.05) is 15.3 Å². The molecule has 1 fully saturated rings. The molecule has 0 aliphatic carbocycles. The van der Waals surface area contributed by atoms with Crippen molar-refractivity contribution in [2.75, 3.05) is 5.75 Å². The Kier molecular flexibility index (Phi) is 4.19. The topological polar surface area (TPSA) is 18.5 Å². The third kappa shape index (κ3) is 2.87. The second-order valence-corrected chi connectivity index (χ2v) is 8.08. The van der Waals surface area contributed by atoms with Gasteiger partial charge in [0.25, 0.3) is 0 Å². The second kappa shape index (κ2) is 5.71. The van der Waals surface area contributed by atoms with E-state index in [2.05, 4.69) is 76.7 Å². The van der Waals surface area contributed by atoms with Crippen molar-refractivity contribution in [3.8, 4) is 0 Å². The van der Waals surface area contributed by atoms with Crippen LogP contribution in [0.1, 0.15) is 32.6 Å². The molecule has 1 aromatic carbocycles. The molecule has 1 saturated heterocycles. The van der Waals surface area contributed by atoms with Crippen molar-refractivity contribution >= 4 is 47.2 Å². The normalized spacial score (nSPS) is 20.8. The molecule has 0 bridgehead atoms. The van der Waals surface area contributed by atoms with Gasteiger partial charge in [0.1, 0.15) is 0 Å². The first-order valence-corrected chi connectivity index (χ1v) is 8.93. The van der Waals surface area contributed by atoms with Crippen LogP contribution in [0, 0.1) is 0 Å². The molecule has 22 heavy (non-hydrogen) atoms. The third-order valence-corrected chi connectivity index (χ3v) is 5.94. The smallest absolute Gasteiger partial charge is 0.400 e. The van der Waals surface area contributed by atoms with Gasteiger partial charge in [-0.25, -0.2) is 0 Å². The lowest BCUT2D eigenvalue weighted by Gasteiger charge is -2.32. The number of thiophene rings is 1. The molecule has 2 aromatic rings. The summed E-state index contributed by atoms with van der Waals surface area (Å²) < 4.78 is 13.5. The van der Waals surface area contributed by atoms with Crippen LogP contribution in [0.2, 0.25) is 0 Å². The van der Waals surface area contributed by atoms with E-state index in [1.807, 2.05) is 0 Å². The fourth-order valence-electron chi connectivity index (χ4n) is 2.44. The van der Waals surface area contributed by atoms with Crippen molar-refractivity contribution in [3.63, 3.8) is 0 Å². The average Bonchev–Trinajstić information content (AvgIpc) is 2.94. The van der Waals surface area contributed by atoms with Crippen molar-refractivity contribution < 1.29 is 9.31 Å². The Morgan fingerprint density at radius 3 is 2.41 bits per heavy atom. The van der Waals surface area contributed by atoms with E-state index in [1.165, 1.54) is 15.0 Å². The first kappa shape index (κ1) is 16.1. The zero-order chi connectivity index (χ0) is 16.0. The highest BCUT2D eigenvalue weighted by atomic mass is 32.1. The van der Waals surface area contributed by atoms with Gasteiger partial charge in [-0.2, -0.15) is 12.6 Å². The lowest BCUT2D eigenvalue weighted by Crippen LogP contribution is -2.41. The molecular formula is C17H21BO2S2. The standard InChI is InChI=1S/C17H21BO2S2/c1-16(2)17(3,4)20-18(19-16)13(11-21)10-14-9-12-7-5-6-8-15(12)22-14/h5-10,21H,11H2,1-4H3. The molecule has 2 nitrogen and oxygen atoms in total. The molecule has 1 aliphatic rings. The average molecular weight is 332 g/mol. The van der Waals surface area contributed by atoms with Crippen molar-refractivity contribution in [1.82, 2.24) is 0 Å². The Morgan fingerprint density at radius 2 is 1.82 bits per heavy atom. The van der Waals surface area contributed by atoms with Gasteiger partial charge in [-0.3, -0.25) is 0 Å². The number of benzene rings is 1. The van der Waals surface area contributed by atoms with E-state index in [1.54, 1.807) is 11.3 Å². The van der Waals surface area contributed by atoms with Crippen LogP contribution < -0.4 is 0 Å². The van der Waals surface area contributed by atoms with Crippen LogP contribution in [-0.2, 0) is 9.31 Å². The maximum Gasteiger partial charge on any atom is 0.491 e. The summed E-state index contributed by atoms with van der Waals surface area (Å²) in [4.78, 5) is 1.21. The van der Waals surface area contributed by atoms with Crippen LogP contribution in [0.5, 0.6) is 0 Å². The van der Waals surface area contributed by atoms with Gasteiger partial charge in [-0.05, 0) is 56.8 Å². The van der Waals surface area contributed by atoms with Crippen LogP contribution >= 0.6 is 24.0 Å².